The van der Waals surface area contributed by atoms with Crippen molar-refractivity contribution in [2.75, 3.05) is 10.6 Å². The maximum absolute atomic E-state index is 12.2. The number of halogens is 1. The first kappa shape index (κ1) is 19.2. The monoisotopic (exact) mass is 418 g/mol. The number of nitrogens with one attached hydrogen (secondary N) is 3. The number of fused-ring (bicyclic) bond motifs is 1. The molecule has 1 aromatic heterocycles. The third-order valence-electron chi connectivity index (χ3n) is 3.53. The number of anilines is 2. The second kappa shape index (κ2) is 8.43. The summed E-state index contributed by atoms with van der Waals surface area (Å²) < 4.78 is 0.885. The van der Waals surface area contributed by atoms with Gasteiger partial charge in [-0.25, -0.2) is 4.98 Å². The van der Waals surface area contributed by atoms with Crippen LogP contribution in [0.4, 0.5) is 10.8 Å². The molecule has 27 heavy (non-hydrogen) atoms. The fourth-order valence-corrected chi connectivity index (χ4v) is 3.55. The third-order valence-corrected chi connectivity index (χ3v) is 4.90. The van der Waals surface area contributed by atoms with Crippen molar-refractivity contribution in [3.63, 3.8) is 0 Å². The Kier molecular flexibility index (Phi) is 6.00. The molecule has 0 saturated carbocycles. The summed E-state index contributed by atoms with van der Waals surface area (Å²) in [4.78, 5) is 28.0. The molecule has 0 unspecified atom stereocenters. The van der Waals surface area contributed by atoms with E-state index in [1.165, 1.54) is 11.3 Å². The van der Waals surface area contributed by atoms with Gasteiger partial charge in [-0.1, -0.05) is 35.9 Å². The molecule has 0 aliphatic rings. The van der Waals surface area contributed by atoms with Gasteiger partial charge in [0.25, 0.3) is 5.91 Å². The van der Waals surface area contributed by atoms with Crippen LogP contribution in [0.15, 0.2) is 42.5 Å². The largest absolute Gasteiger partial charge is 0.332 e. The number of aromatic nitrogens is 1. The fraction of sp³-hybridized carbons (Fsp3) is 0.111. The summed E-state index contributed by atoms with van der Waals surface area (Å²) in [7, 11) is 0. The molecule has 3 rings (SSSR count). The molecule has 0 aliphatic carbocycles. The number of carbonyl (C=O) groups excluding carboxylic acids is 2. The van der Waals surface area contributed by atoms with Crippen molar-refractivity contribution in [3.8, 4) is 0 Å². The molecule has 2 amide bonds. The molecule has 2 aromatic carbocycles. The SMILES string of the molecule is CCC(=O)Nc1nc2ccc(NC(=S)NC(=O)c3cccc(Cl)c3)cc2s1. The highest BCUT2D eigenvalue weighted by Crippen LogP contribution is 2.28. The molecule has 0 atom stereocenters. The number of carbonyl (C=O) groups is 2. The van der Waals surface area contributed by atoms with E-state index in [-0.39, 0.29) is 16.9 Å². The van der Waals surface area contributed by atoms with Crippen LogP contribution >= 0.6 is 35.2 Å². The van der Waals surface area contributed by atoms with Crippen LogP contribution in [0.1, 0.15) is 23.7 Å². The van der Waals surface area contributed by atoms with Gasteiger partial charge in [0.2, 0.25) is 5.91 Å². The van der Waals surface area contributed by atoms with Gasteiger partial charge in [-0.3, -0.25) is 14.9 Å². The van der Waals surface area contributed by atoms with E-state index in [1.54, 1.807) is 37.3 Å². The fourth-order valence-electron chi connectivity index (χ4n) is 2.23. The number of rotatable bonds is 4. The molecule has 0 saturated heterocycles. The Bertz CT molecular complexity index is 1040. The highest BCUT2D eigenvalue weighted by Gasteiger charge is 2.10. The lowest BCUT2D eigenvalue weighted by atomic mass is 10.2. The smallest absolute Gasteiger partial charge is 0.257 e. The number of nitrogens with zero attached hydrogens (tertiary/aromatic N) is 1. The summed E-state index contributed by atoms with van der Waals surface area (Å²) in [5.41, 5.74) is 1.89. The van der Waals surface area contributed by atoms with Gasteiger partial charge in [0.15, 0.2) is 10.2 Å². The molecule has 0 radical (unpaired) electrons. The zero-order valence-electron chi connectivity index (χ0n) is 14.2. The van der Waals surface area contributed by atoms with E-state index in [9.17, 15) is 9.59 Å². The van der Waals surface area contributed by atoms with Gasteiger partial charge in [0.05, 0.1) is 10.2 Å². The first-order valence-electron chi connectivity index (χ1n) is 8.03. The highest BCUT2D eigenvalue weighted by molar-refractivity contribution is 7.80. The topological polar surface area (TPSA) is 83.1 Å². The Hall–Kier alpha value is -2.55. The van der Waals surface area contributed by atoms with Gasteiger partial charge in [0.1, 0.15) is 0 Å². The van der Waals surface area contributed by atoms with E-state index in [1.807, 2.05) is 12.1 Å². The molecule has 3 N–H and O–H groups in total. The van der Waals surface area contributed by atoms with Crippen LogP contribution < -0.4 is 16.0 Å². The normalized spacial score (nSPS) is 10.4. The lowest BCUT2D eigenvalue weighted by Crippen LogP contribution is -2.34. The minimum absolute atomic E-state index is 0.0858. The van der Waals surface area contributed by atoms with Gasteiger partial charge in [-0.15, -0.1) is 0 Å². The van der Waals surface area contributed by atoms with Crippen LogP contribution in [0, 0.1) is 0 Å². The third kappa shape index (κ3) is 5.00. The Balaban J connectivity index is 1.67. The van der Waals surface area contributed by atoms with Crippen LogP contribution in [-0.4, -0.2) is 21.9 Å². The van der Waals surface area contributed by atoms with Crippen molar-refractivity contribution >= 4 is 73.1 Å². The van der Waals surface area contributed by atoms with Gasteiger partial charge in [-0.2, -0.15) is 0 Å². The Morgan fingerprint density at radius 3 is 2.74 bits per heavy atom. The van der Waals surface area contributed by atoms with Crippen molar-refractivity contribution in [2.24, 2.45) is 0 Å². The lowest BCUT2D eigenvalue weighted by Gasteiger charge is -2.09. The predicted octanol–water partition coefficient (Wildman–Crippen LogP) is 4.43. The van der Waals surface area contributed by atoms with Crippen molar-refractivity contribution in [2.45, 2.75) is 13.3 Å². The van der Waals surface area contributed by atoms with Crippen molar-refractivity contribution < 1.29 is 9.59 Å². The summed E-state index contributed by atoms with van der Waals surface area (Å²) in [6, 6.07) is 12.1. The van der Waals surface area contributed by atoms with Gasteiger partial charge in [-0.05, 0) is 48.6 Å². The van der Waals surface area contributed by atoms with Crippen molar-refractivity contribution in [1.82, 2.24) is 10.3 Å². The van der Waals surface area contributed by atoms with E-state index in [0.717, 1.165) is 10.2 Å². The molecule has 1 heterocycles. The average molecular weight is 419 g/mol. The van der Waals surface area contributed by atoms with Crippen molar-refractivity contribution in [1.29, 1.82) is 0 Å². The van der Waals surface area contributed by atoms with Crippen molar-refractivity contribution in [3.05, 3.63) is 53.1 Å². The van der Waals surface area contributed by atoms with Crippen LogP contribution in [0.5, 0.6) is 0 Å². The molecule has 6 nitrogen and oxygen atoms in total. The summed E-state index contributed by atoms with van der Waals surface area (Å²) >= 11 is 12.5. The minimum atomic E-state index is -0.349. The summed E-state index contributed by atoms with van der Waals surface area (Å²) in [5, 5.41) is 9.52. The number of benzene rings is 2. The van der Waals surface area contributed by atoms with E-state index in [2.05, 4.69) is 20.9 Å². The number of thiocarbonyl (C=S) groups is 1. The standard InChI is InChI=1S/C18H15ClN4O2S2/c1-2-15(24)22-18-21-13-7-6-12(9-14(13)27-18)20-17(26)23-16(25)10-4-3-5-11(19)8-10/h3-9H,2H2,1H3,(H,21,22,24)(H2,20,23,25,26). The predicted molar refractivity (Wildman–Crippen MR) is 114 cm³/mol. The van der Waals surface area contributed by atoms with Crippen LogP contribution in [0.3, 0.4) is 0 Å². The zero-order chi connectivity index (χ0) is 19.4. The molecule has 3 aromatic rings. The van der Waals surface area contributed by atoms with Gasteiger partial charge < -0.3 is 10.6 Å². The lowest BCUT2D eigenvalue weighted by molar-refractivity contribution is -0.115. The average Bonchev–Trinajstić information content (AvgIpc) is 3.02. The molecular weight excluding hydrogens is 404 g/mol. The quantitative estimate of drug-likeness (QED) is 0.546. The molecule has 0 aliphatic heterocycles. The van der Waals surface area contributed by atoms with Gasteiger partial charge in [0, 0.05) is 22.7 Å². The molecule has 138 valence electrons. The number of hydrogen-bond donors (Lipinski definition) is 3. The maximum Gasteiger partial charge on any atom is 0.257 e. The molecular formula is C18H15ClN4O2S2. The second-order valence-electron chi connectivity index (χ2n) is 5.52. The number of hydrogen-bond acceptors (Lipinski definition) is 5. The second-order valence-corrected chi connectivity index (χ2v) is 7.40. The minimum Gasteiger partial charge on any atom is -0.332 e. The highest BCUT2D eigenvalue weighted by atomic mass is 35.5. The molecule has 9 heteroatoms. The molecule has 0 spiro atoms. The molecule has 0 bridgehead atoms. The number of thiazole rings is 1. The Labute approximate surface area is 169 Å². The first-order valence-corrected chi connectivity index (χ1v) is 9.63. The Morgan fingerprint density at radius 1 is 1.19 bits per heavy atom. The summed E-state index contributed by atoms with van der Waals surface area (Å²) in [6.45, 7) is 1.78. The summed E-state index contributed by atoms with van der Waals surface area (Å²) in [6.07, 6.45) is 0.392. The van der Waals surface area contributed by atoms with E-state index < -0.39 is 0 Å². The first-order chi connectivity index (χ1) is 12.9. The van der Waals surface area contributed by atoms with Crippen LogP contribution in [0.2, 0.25) is 5.02 Å². The number of amides is 2. The van der Waals surface area contributed by atoms with Crippen LogP contribution in [0.25, 0.3) is 10.2 Å². The molecule has 0 fully saturated rings. The van der Waals surface area contributed by atoms with E-state index in [4.69, 9.17) is 23.8 Å². The maximum atomic E-state index is 12.2. The van der Waals surface area contributed by atoms with E-state index >= 15 is 0 Å². The Morgan fingerprint density at radius 2 is 2.00 bits per heavy atom. The zero-order valence-corrected chi connectivity index (χ0v) is 16.6. The van der Waals surface area contributed by atoms with Gasteiger partial charge >= 0.3 is 0 Å². The summed E-state index contributed by atoms with van der Waals surface area (Å²) in [5.74, 6) is -0.434. The van der Waals surface area contributed by atoms with Crippen LogP contribution in [-0.2, 0) is 4.79 Å². The van der Waals surface area contributed by atoms with E-state index in [0.29, 0.717) is 27.8 Å².